The highest BCUT2D eigenvalue weighted by Gasteiger charge is 2.34. The minimum absolute atomic E-state index is 0.0142. The van der Waals surface area contributed by atoms with Gasteiger partial charge in [-0.2, -0.15) is 0 Å². The van der Waals surface area contributed by atoms with Gasteiger partial charge in [0.05, 0.1) is 6.54 Å². The largest absolute Gasteiger partial charge is 0.342 e. The van der Waals surface area contributed by atoms with Crippen molar-refractivity contribution in [2.75, 3.05) is 13.1 Å². The zero-order valence-electron chi connectivity index (χ0n) is 14.2. The van der Waals surface area contributed by atoms with Crippen LogP contribution in [0.15, 0.2) is 0 Å². The second kappa shape index (κ2) is 9.06. The van der Waals surface area contributed by atoms with Gasteiger partial charge in [-0.05, 0) is 18.3 Å². The van der Waals surface area contributed by atoms with E-state index in [1.165, 1.54) is 19.3 Å². The van der Waals surface area contributed by atoms with E-state index >= 15 is 0 Å². The Morgan fingerprint density at radius 2 is 1.81 bits per heavy atom. The summed E-state index contributed by atoms with van der Waals surface area (Å²) in [6.45, 7) is 9.54. The number of hydrogen-bond acceptors (Lipinski definition) is 2. The molecule has 1 heterocycles. The summed E-state index contributed by atoms with van der Waals surface area (Å²) in [4.78, 5) is 25.9. The van der Waals surface area contributed by atoms with Crippen molar-refractivity contribution in [2.24, 2.45) is 11.8 Å². The molecule has 1 rings (SSSR count). The Morgan fingerprint density at radius 3 is 2.43 bits per heavy atom. The van der Waals surface area contributed by atoms with Gasteiger partial charge in [0.2, 0.25) is 11.8 Å². The van der Waals surface area contributed by atoms with Crippen LogP contribution in [-0.2, 0) is 9.59 Å². The van der Waals surface area contributed by atoms with E-state index in [9.17, 15) is 9.59 Å². The molecule has 0 saturated carbocycles. The second-order valence-corrected chi connectivity index (χ2v) is 6.79. The summed E-state index contributed by atoms with van der Waals surface area (Å²) in [5.74, 6) is 1.06. The predicted octanol–water partition coefficient (Wildman–Crippen LogP) is 2.97. The molecule has 1 aliphatic rings. The lowest BCUT2D eigenvalue weighted by atomic mass is 9.96. The fourth-order valence-corrected chi connectivity index (χ4v) is 2.75. The second-order valence-electron chi connectivity index (χ2n) is 6.79. The Labute approximate surface area is 129 Å². The van der Waals surface area contributed by atoms with Crippen molar-refractivity contribution >= 4 is 11.8 Å². The molecule has 0 aliphatic carbocycles. The van der Waals surface area contributed by atoms with Crippen LogP contribution in [0.4, 0.5) is 0 Å². The van der Waals surface area contributed by atoms with E-state index in [0.29, 0.717) is 0 Å². The number of amides is 2. The maximum Gasteiger partial charge on any atom is 0.245 e. The molecule has 1 saturated heterocycles. The van der Waals surface area contributed by atoms with Gasteiger partial charge in [0, 0.05) is 6.54 Å². The number of unbranched alkanes of at least 4 members (excludes halogenated alkanes) is 3. The predicted molar refractivity (Wildman–Crippen MR) is 85.9 cm³/mol. The molecule has 1 N–H and O–H groups in total. The molecular formula is C17H32N2O2. The van der Waals surface area contributed by atoms with Crippen molar-refractivity contribution in [3.8, 4) is 0 Å². The summed E-state index contributed by atoms with van der Waals surface area (Å²) in [5.41, 5.74) is 0. The molecule has 4 nitrogen and oxygen atoms in total. The lowest BCUT2D eigenvalue weighted by Crippen LogP contribution is -2.60. The first kappa shape index (κ1) is 18.0. The number of nitrogens with one attached hydrogen (secondary N) is 1. The highest BCUT2D eigenvalue weighted by molar-refractivity contribution is 5.94. The zero-order valence-corrected chi connectivity index (χ0v) is 14.2. The molecular weight excluding hydrogens is 264 g/mol. The molecule has 0 bridgehead atoms. The molecule has 0 aromatic heterocycles. The number of piperazine rings is 1. The van der Waals surface area contributed by atoms with Gasteiger partial charge < -0.3 is 10.2 Å². The fourth-order valence-electron chi connectivity index (χ4n) is 2.75. The van der Waals surface area contributed by atoms with Crippen LogP contribution >= 0.6 is 0 Å². The van der Waals surface area contributed by atoms with Crippen molar-refractivity contribution in [1.82, 2.24) is 10.2 Å². The van der Waals surface area contributed by atoms with Crippen LogP contribution in [0.5, 0.6) is 0 Å². The molecule has 1 fully saturated rings. The van der Waals surface area contributed by atoms with Gasteiger partial charge in [0.15, 0.2) is 0 Å². The highest BCUT2D eigenvalue weighted by atomic mass is 16.2. The van der Waals surface area contributed by atoms with Gasteiger partial charge in [-0.25, -0.2) is 0 Å². The Bertz CT molecular complexity index is 342. The molecule has 4 heteroatoms. The van der Waals surface area contributed by atoms with E-state index in [1.54, 1.807) is 4.90 Å². The van der Waals surface area contributed by atoms with Gasteiger partial charge in [0.1, 0.15) is 6.04 Å². The molecule has 0 aromatic rings. The van der Waals surface area contributed by atoms with Crippen molar-refractivity contribution in [1.29, 1.82) is 0 Å². The van der Waals surface area contributed by atoms with E-state index in [0.717, 1.165) is 31.7 Å². The van der Waals surface area contributed by atoms with E-state index in [-0.39, 0.29) is 30.3 Å². The van der Waals surface area contributed by atoms with Gasteiger partial charge in [-0.3, -0.25) is 9.59 Å². The maximum absolute atomic E-state index is 12.4. The van der Waals surface area contributed by atoms with Gasteiger partial charge in [-0.15, -0.1) is 0 Å². The minimum atomic E-state index is -0.322. The molecule has 2 unspecified atom stereocenters. The summed E-state index contributed by atoms with van der Waals surface area (Å²) in [6.07, 6.45) is 6.82. The highest BCUT2D eigenvalue weighted by Crippen LogP contribution is 2.15. The normalized spacial score (nSPS) is 20.8. The standard InChI is InChI=1S/C17H32N2O2/c1-5-14(4)16-17(21)19(12-15(20)18-16)11-9-7-6-8-10-13(2)3/h13-14,16H,5-12H2,1-4H3,(H,18,20). The van der Waals surface area contributed by atoms with E-state index < -0.39 is 0 Å². The average Bonchev–Trinajstić information content (AvgIpc) is 2.44. The molecule has 0 aromatic carbocycles. The van der Waals surface area contributed by atoms with Crippen LogP contribution in [0, 0.1) is 11.8 Å². The van der Waals surface area contributed by atoms with Crippen LogP contribution in [0.25, 0.3) is 0 Å². The Morgan fingerprint density at radius 1 is 1.14 bits per heavy atom. The molecule has 0 spiro atoms. The van der Waals surface area contributed by atoms with E-state index in [4.69, 9.17) is 0 Å². The number of rotatable bonds is 9. The molecule has 122 valence electrons. The van der Waals surface area contributed by atoms with Crippen molar-refractivity contribution in [3.05, 3.63) is 0 Å². The van der Waals surface area contributed by atoms with Crippen LogP contribution in [0.3, 0.4) is 0 Å². The molecule has 0 radical (unpaired) electrons. The Balaban J connectivity index is 2.33. The van der Waals surface area contributed by atoms with Gasteiger partial charge >= 0.3 is 0 Å². The van der Waals surface area contributed by atoms with Crippen molar-refractivity contribution in [2.45, 2.75) is 72.3 Å². The molecule has 2 amide bonds. The van der Waals surface area contributed by atoms with Crippen LogP contribution in [0.2, 0.25) is 0 Å². The number of nitrogens with zero attached hydrogens (tertiary/aromatic N) is 1. The minimum Gasteiger partial charge on any atom is -0.342 e. The number of carbonyl (C=O) groups excluding carboxylic acids is 2. The molecule has 1 aliphatic heterocycles. The summed E-state index contributed by atoms with van der Waals surface area (Å²) in [5, 5.41) is 2.84. The lowest BCUT2D eigenvalue weighted by molar-refractivity contribution is -0.145. The monoisotopic (exact) mass is 296 g/mol. The number of hydrogen-bond donors (Lipinski definition) is 1. The summed E-state index contributed by atoms with van der Waals surface area (Å²) < 4.78 is 0. The third kappa shape index (κ3) is 6.06. The zero-order chi connectivity index (χ0) is 15.8. The first-order valence-corrected chi connectivity index (χ1v) is 8.53. The maximum atomic E-state index is 12.4. The third-order valence-electron chi connectivity index (χ3n) is 4.40. The topological polar surface area (TPSA) is 49.4 Å². The SMILES string of the molecule is CCC(C)C1NC(=O)CN(CCCCCCC(C)C)C1=O. The molecule has 21 heavy (non-hydrogen) atoms. The van der Waals surface area contributed by atoms with E-state index in [2.05, 4.69) is 26.1 Å². The number of carbonyl (C=O) groups is 2. The van der Waals surface area contributed by atoms with Crippen LogP contribution in [0.1, 0.15) is 66.2 Å². The first-order valence-electron chi connectivity index (χ1n) is 8.53. The Hall–Kier alpha value is -1.06. The van der Waals surface area contributed by atoms with Crippen LogP contribution in [-0.4, -0.2) is 35.8 Å². The summed E-state index contributed by atoms with van der Waals surface area (Å²) >= 11 is 0. The smallest absolute Gasteiger partial charge is 0.245 e. The van der Waals surface area contributed by atoms with Crippen molar-refractivity contribution in [3.63, 3.8) is 0 Å². The Kier molecular flexibility index (Phi) is 7.76. The molecule has 2 atom stereocenters. The summed E-state index contributed by atoms with van der Waals surface area (Å²) in [7, 11) is 0. The van der Waals surface area contributed by atoms with Crippen molar-refractivity contribution < 1.29 is 9.59 Å². The quantitative estimate of drug-likeness (QED) is 0.665. The summed E-state index contributed by atoms with van der Waals surface area (Å²) in [6, 6.07) is -0.322. The van der Waals surface area contributed by atoms with Gasteiger partial charge in [0.25, 0.3) is 0 Å². The van der Waals surface area contributed by atoms with E-state index in [1.807, 2.05) is 6.92 Å². The third-order valence-corrected chi connectivity index (χ3v) is 4.40. The average molecular weight is 296 g/mol. The fraction of sp³-hybridized carbons (Fsp3) is 0.882. The van der Waals surface area contributed by atoms with Gasteiger partial charge in [-0.1, -0.05) is 59.8 Å². The first-order chi connectivity index (χ1) is 9.95. The van der Waals surface area contributed by atoms with Crippen LogP contribution < -0.4 is 5.32 Å². The lowest BCUT2D eigenvalue weighted by Gasteiger charge is -2.35.